The number of para-hydroxylation sites is 2. The fourth-order valence-corrected chi connectivity index (χ4v) is 3.43. The number of rotatable bonds is 5. The van der Waals surface area contributed by atoms with Crippen molar-refractivity contribution in [1.29, 1.82) is 0 Å². The third-order valence-corrected chi connectivity index (χ3v) is 4.89. The molecule has 0 spiro atoms. The standard InChI is InChI=1S/C20H22N6O2/c1-25-19(27)11-17(15-7-9-21-13-22-15)24-20(25)26-10-8-14(12-26)23-16-5-3-4-6-18(16)28-2/h3-7,9,11,13-14,23H,8,10,12H2,1-2H3/t14-/m1/s1. The van der Waals surface area contributed by atoms with Crippen molar-refractivity contribution in [2.24, 2.45) is 7.05 Å². The summed E-state index contributed by atoms with van der Waals surface area (Å²) in [5.74, 6) is 1.46. The van der Waals surface area contributed by atoms with Gasteiger partial charge in [0.05, 0.1) is 24.2 Å². The molecule has 1 saturated heterocycles. The van der Waals surface area contributed by atoms with Crippen molar-refractivity contribution < 1.29 is 4.74 Å². The number of aromatic nitrogens is 4. The van der Waals surface area contributed by atoms with Crippen molar-refractivity contribution in [1.82, 2.24) is 19.5 Å². The first-order valence-corrected chi connectivity index (χ1v) is 9.14. The number of benzene rings is 1. The summed E-state index contributed by atoms with van der Waals surface area (Å²) in [5, 5.41) is 3.54. The van der Waals surface area contributed by atoms with Crippen molar-refractivity contribution in [3.63, 3.8) is 0 Å². The summed E-state index contributed by atoms with van der Waals surface area (Å²) in [7, 11) is 3.41. The van der Waals surface area contributed by atoms with Crippen LogP contribution in [0, 0.1) is 0 Å². The Hall–Kier alpha value is -3.42. The van der Waals surface area contributed by atoms with Gasteiger partial charge in [0.2, 0.25) is 5.95 Å². The molecule has 2 aromatic heterocycles. The van der Waals surface area contributed by atoms with E-state index in [1.807, 2.05) is 24.3 Å². The lowest BCUT2D eigenvalue weighted by atomic mass is 10.2. The highest BCUT2D eigenvalue weighted by atomic mass is 16.5. The molecule has 1 atom stereocenters. The molecule has 0 amide bonds. The molecule has 28 heavy (non-hydrogen) atoms. The molecule has 1 aliphatic heterocycles. The van der Waals surface area contributed by atoms with Crippen LogP contribution in [0.5, 0.6) is 5.75 Å². The summed E-state index contributed by atoms with van der Waals surface area (Å²) in [5.41, 5.74) is 2.05. The monoisotopic (exact) mass is 378 g/mol. The van der Waals surface area contributed by atoms with Gasteiger partial charge >= 0.3 is 0 Å². The molecule has 0 unspecified atom stereocenters. The van der Waals surface area contributed by atoms with Gasteiger partial charge in [-0.15, -0.1) is 0 Å². The van der Waals surface area contributed by atoms with Gasteiger partial charge in [-0.3, -0.25) is 9.36 Å². The number of ether oxygens (including phenoxy) is 1. The Morgan fingerprint density at radius 2 is 2.07 bits per heavy atom. The molecule has 3 aromatic rings. The number of nitrogens with zero attached hydrogens (tertiary/aromatic N) is 5. The molecule has 1 aromatic carbocycles. The summed E-state index contributed by atoms with van der Waals surface area (Å²) in [6, 6.07) is 11.4. The van der Waals surface area contributed by atoms with Crippen molar-refractivity contribution in [2.45, 2.75) is 12.5 Å². The molecule has 8 heteroatoms. The van der Waals surface area contributed by atoms with Crippen molar-refractivity contribution in [2.75, 3.05) is 30.4 Å². The van der Waals surface area contributed by atoms with E-state index in [0.717, 1.165) is 30.9 Å². The van der Waals surface area contributed by atoms with E-state index in [4.69, 9.17) is 9.72 Å². The molecule has 4 rings (SSSR count). The van der Waals surface area contributed by atoms with E-state index in [-0.39, 0.29) is 11.6 Å². The Balaban J connectivity index is 1.57. The highest BCUT2D eigenvalue weighted by molar-refractivity contribution is 5.58. The predicted octanol–water partition coefficient (Wildman–Crippen LogP) is 1.94. The number of methoxy groups -OCH3 is 1. The summed E-state index contributed by atoms with van der Waals surface area (Å²) >= 11 is 0. The van der Waals surface area contributed by atoms with Crippen molar-refractivity contribution >= 4 is 11.6 Å². The topological polar surface area (TPSA) is 85.2 Å². The van der Waals surface area contributed by atoms with E-state index in [9.17, 15) is 4.79 Å². The molecule has 0 bridgehead atoms. The Morgan fingerprint density at radius 3 is 2.86 bits per heavy atom. The van der Waals surface area contributed by atoms with Gasteiger partial charge in [-0.25, -0.2) is 15.0 Å². The molecule has 1 N–H and O–H groups in total. The minimum Gasteiger partial charge on any atom is -0.495 e. The van der Waals surface area contributed by atoms with Crippen LogP contribution in [0.25, 0.3) is 11.4 Å². The molecule has 1 fully saturated rings. The Morgan fingerprint density at radius 1 is 1.21 bits per heavy atom. The molecule has 0 radical (unpaired) electrons. The van der Waals surface area contributed by atoms with Gasteiger partial charge in [-0.2, -0.15) is 0 Å². The van der Waals surface area contributed by atoms with E-state index in [1.165, 1.54) is 12.4 Å². The van der Waals surface area contributed by atoms with Crippen LogP contribution in [-0.2, 0) is 7.05 Å². The summed E-state index contributed by atoms with van der Waals surface area (Å²) in [4.78, 5) is 27.4. The van der Waals surface area contributed by atoms with E-state index < -0.39 is 0 Å². The molecule has 1 aliphatic rings. The van der Waals surface area contributed by atoms with E-state index in [0.29, 0.717) is 17.3 Å². The second-order valence-electron chi connectivity index (χ2n) is 6.71. The number of hydrogen-bond acceptors (Lipinski definition) is 7. The van der Waals surface area contributed by atoms with Crippen LogP contribution >= 0.6 is 0 Å². The van der Waals surface area contributed by atoms with E-state index in [2.05, 4.69) is 20.2 Å². The van der Waals surface area contributed by atoms with Gasteiger partial charge in [0.25, 0.3) is 5.56 Å². The molecular formula is C20H22N6O2. The van der Waals surface area contributed by atoms with Gasteiger partial charge < -0.3 is 15.0 Å². The second-order valence-corrected chi connectivity index (χ2v) is 6.71. The Bertz CT molecular complexity index is 1020. The van der Waals surface area contributed by atoms with Crippen LogP contribution in [0.4, 0.5) is 11.6 Å². The largest absolute Gasteiger partial charge is 0.495 e. The van der Waals surface area contributed by atoms with Gasteiger partial charge in [0, 0.05) is 38.4 Å². The first-order valence-electron chi connectivity index (χ1n) is 9.14. The van der Waals surface area contributed by atoms with Crippen LogP contribution in [0.3, 0.4) is 0 Å². The molecule has 144 valence electrons. The van der Waals surface area contributed by atoms with Gasteiger partial charge in [0.15, 0.2) is 0 Å². The van der Waals surface area contributed by atoms with Crippen LogP contribution in [0.2, 0.25) is 0 Å². The van der Waals surface area contributed by atoms with E-state index in [1.54, 1.807) is 31.0 Å². The Kier molecular flexibility index (Phi) is 4.92. The molecule has 8 nitrogen and oxygen atoms in total. The quantitative estimate of drug-likeness (QED) is 0.726. The summed E-state index contributed by atoms with van der Waals surface area (Å²) in [6.07, 6.45) is 4.03. The van der Waals surface area contributed by atoms with Crippen LogP contribution in [0.15, 0.2) is 53.7 Å². The lowest BCUT2D eigenvalue weighted by Crippen LogP contribution is -2.32. The smallest absolute Gasteiger partial charge is 0.255 e. The van der Waals surface area contributed by atoms with Gasteiger partial charge in [0.1, 0.15) is 12.1 Å². The first kappa shape index (κ1) is 18.0. The lowest BCUT2D eigenvalue weighted by Gasteiger charge is -2.21. The highest BCUT2D eigenvalue weighted by Crippen LogP contribution is 2.27. The average Bonchev–Trinajstić information content (AvgIpc) is 3.19. The van der Waals surface area contributed by atoms with Gasteiger partial charge in [-0.1, -0.05) is 12.1 Å². The highest BCUT2D eigenvalue weighted by Gasteiger charge is 2.26. The van der Waals surface area contributed by atoms with Gasteiger partial charge in [-0.05, 0) is 24.6 Å². The summed E-state index contributed by atoms with van der Waals surface area (Å²) in [6.45, 7) is 1.55. The minimum absolute atomic E-state index is 0.111. The molecule has 0 aliphatic carbocycles. The fourth-order valence-electron chi connectivity index (χ4n) is 3.43. The average molecular weight is 378 g/mol. The van der Waals surface area contributed by atoms with Crippen LogP contribution < -0.4 is 20.5 Å². The maximum Gasteiger partial charge on any atom is 0.255 e. The first-order chi connectivity index (χ1) is 13.7. The third kappa shape index (κ3) is 3.53. The minimum atomic E-state index is -0.111. The maximum atomic E-state index is 12.5. The SMILES string of the molecule is COc1ccccc1N[C@@H]1CCN(c2nc(-c3ccncn3)cc(=O)n2C)C1. The zero-order chi connectivity index (χ0) is 19.5. The van der Waals surface area contributed by atoms with Crippen molar-refractivity contribution in [3.8, 4) is 17.1 Å². The third-order valence-electron chi connectivity index (χ3n) is 4.89. The maximum absolute atomic E-state index is 12.5. The zero-order valence-electron chi connectivity index (χ0n) is 15.9. The fraction of sp³-hybridized carbons (Fsp3) is 0.300. The normalized spacial score (nSPS) is 16.2. The number of hydrogen-bond donors (Lipinski definition) is 1. The lowest BCUT2D eigenvalue weighted by molar-refractivity contribution is 0.416. The zero-order valence-corrected chi connectivity index (χ0v) is 15.9. The Labute approximate surface area is 162 Å². The molecular weight excluding hydrogens is 356 g/mol. The predicted molar refractivity (Wildman–Crippen MR) is 108 cm³/mol. The second kappa shape index (κ2) is 7.67. The van der Waals surface area contributed by atoms with Crippen molar-refractivity contribution in [3.05, 3.63) is 59.3 Å². The number of anilines is 2. The molecule has 0 saturated carbocycles. The van der Waals surface area contributed by atoms with Crippen LogP contribution in [-0.4, -0.2) is 45.8 Å². The van der Waals surface area contributed by atoms with Crippen LogP contribution in [0.1, 0.15) is 6.42 Å². The summed E-state index contributed by atoms with van der Waals surface area (Å²) < 4.78 is 7.00. The number of nitrogens with one attached hydrogen (secondary N) is 1. The van der Waals surface area contributed by atoms with E-state index >= 15 is 0 Å². The molecule has 3 heterocycles.